The van der Waals surface area contributed by atoms with Gasteiger partial charge in [-0.2, -0.15) is 0 Å². The van der Waals surface area contributed by atoms with E-state index in [9.17, 15) is 4.79 Å². The molecule has 1 fully saturated rings. The van der Waals surface area contributed by atoms with Crippen LogP contribution in [-0.4, -0.2) is 23.3 Å². The van der Waals surface area contributed by atoms with Gasteiger partial charge in [0, 0.05) is 11.0 Å². The van der Waals surface area contributed by atoms with Gasteiger partial charge >= 0.3 is 6.03 Å². The molecule has 1 saturated heterocycles. The van der Waals surface area contributed by atoms with E-state index < -0.39 is 0 Å². The van der Waals surface area contributed by atoms with Crippen molar-refractivity contribution in [2.75, 3.05) is 6.54 Å². The Morgan fingerprint density at radius 2 is 2.31 bits per heavy atom. The summed E-state index contributed by atoms with van der Waals surface area (Å²) in [6.45, 7) is 2.49. The van der Waals surface area contributed by atoms with Crippen LogP contribution in [0.25, 0.3) is 0 Å². The first-order valence-corrected chi connectivity index (χ1v) is 5.84. The zero-order valence-corrected chi connectivity index (χ0v) is 10.4. The largest absolute Gasteiger partial charge is 0.323 e. The van der Waals surface area contributed by atoms with Crippen LogP contribution in [-0.2, 0) is 0 Å². The fourth-order valence-electron chi connectivity index (χ4n) is 1.88. The number of amidine groups is 1. The highest BCUT2D eigenvalue weighted by molar-refractivity contribution is 9.10. The molecule has 1 atom stereocenters. The number of likely N-dealkylation sites (N-methyl/N-ethyl adjacent to an activating group) is 1. The highest BCUT2D eigenvalue weighted by Crippen LogP contribution is 2.27. The molecule has 2 rings (SSSR count). The third kappa shape index (κ3) is 1.82. The van der Waals surface area contributed by atoms with Crippen LogP contribution in [0.1, 0.15) is 18.5 Å². The van der Waals surface area contributed by atoms with Crippen molar-refractivity contribution in [3.63, 3.8) is 0 Å². The minimum atomic E-state index is -0.282. The van der Waals surface area contributed by atoms with Gasteiger partial charge in [-0.05, 0) is 24.6 Å². The molecular formula is C11H12BrN3O. The number of hydrogen-bond donors (Lipinski definition) is 2. The molecule has 0 saturated carbocycles. The van der Waals surface area contributed by atoms with Gasteiger partial charge in [-0.15, -0.1) is 0 Å². The minimum Gasteiger partial charge on any atom is -0.310 e. The Bertz CT molecular complexity index is 447. The van der Waals surface area contributed by atoms with Crippen molar-refractivity contribution in [1.82, 2.24) is 10.2 Å². The van der Waals surface area contributed by atoms with E-state index in [1.165, 1.54) is 0 Å². The Kier molecular flexibility index (Phi) is 2.96. The lowest BCUT2D eigenvalue weighted by atomic mass is 10.1. The highest BCUT2D eigenvalue weighted by Gasteiger charge is 2.35. The highest BCUT2D eigenvalue weighted by atomic mass is 79.9. The molecule has 0 aromatic heterocycles. The van der Waals surface area contributed by atoms with Crippen LogP contribution in [0, 0.1) is 5.41 Å². The molecule has 84 valence electrons. The molecule has 1 unspecified atom stereocenters. The Labute approximate surface area is 102 Å². The summed E-state index contributed by atoms with van der Waals surface area (Å²) in [7, 11) is 0. The van der Waals surface area contributed by atoms with Crippen LogP contribution in [0.2, 0.25) is 0 Å². The molecule has 0 radical (unpaired) electrons. The van der Waals surface area contributed by atoms with Gasteiger partial charge in [0.1, 0.15) is 11.9 Å². The second-order valence-corrected chi connectivity index (χ2v) is 4.50. The molecule has 1 aliphatic heterocycles. The summed E-state index contributed by atoms with van der Waals surface area (Å²) in [6.07, 6.45) is 0. The van der Waals surface area contributed by atoms with Gasteiger partial charge in [0.05, 0.1) is 0 Å². The van der Waals surface area contributed by atoms with Gasteiger partial charge < -0.3 is 4.90 Å². The van der Waals surface area contributed by atoms with E-state index in [0.29, 0.717) is 6.54 Å². The Hall–Kier alpha value is -1.36. The Balaban J connectivity index is 2.39. The number of nitrogens with zero attached hydrogens (tertiary/aromatic N) is 1. The van der Waals surface area contributed by atoms with Gasteiger partial charge in [-0.1, -0.05) is 28.1 Å². The first-order valence-electron chi connectivity index (χ1n) is 5.05. The fraction of sp³-hybridized carbons (Fsp3) is 0.273. The SMILES string of the molecule is CCN1C(=O)NC(=N)C1c1cccc(Br)c1. The molecule has 1 aromatic rings. The first-order chi connectivity index (χ1) is 7.63. The summed E-state index contributed by atoms with van der Waals surface area (Å²) in [5.74, 6) is 0.241. The monoisotopic (exact) mass is 281 g/mol. The number of carbonyl (C=O) groups excluding carboxylic acids is 1. The molecular weight excluding hydrogens is 270 g/mol. The molecule has 1 aromatic carbocycles. The van der Waals surface area contributed by atoms with E-state index in [1.807, 2.05) is 31.2 Å². The average molecular weight is 282 g/mol. The zero-order chi connectivity index (χ0) is 11.7. The Morgan fingerprint density at radius 1 is 1.56 bits per heavy atom. The summed E-state index contributed by atoms with van der Waals surface area (Å²) in [6, 6.07) is 7.21. The van der Waals surface area contributed by atoms with Crippen molar-refractivity contribution < 1.29 is 4.79 Å². The number of nitrogens with one attached hydrogen (secondary N) is 2. The Morgan fingerprint density at radius 3 is 2.94 bits per heavy atom. The molecule has 1 heterocycles. The number of rotatable bonds is 2. The van der Waals surface area contributed by atoms with Crippen LogP contribution in [0.15, 0.2) is 28.7 Å². The summed E-state index contributed by atoms with van der Waals surface area (Å²) >= 11 is 3.39. The van der Waals surface area contributed by atoms with Gasteiger partial charge in [-0.25, -0.2) is 4.79 Å². The topological polar surface area (TPSA) is 56.2 Å². The molecule has 2 amide bonds. The maximum Gasteiger partial charge on any atom is 0.323 e. The van der Waals surface area contributed by atoms with Gasteiger partial charge in [0.25, 0.3) is 0 Å². The number of benzene rings is 1. The smallest absolute Gasteiger partial charge is 0.310 e. The van der Waals surface area contributed by atoms with E-state index in [2.05, 4.69) is 21.2 Å². The fourth-order valence-corrected chi connectivity index (χ4v) is 2.29. The molecule has 0 spiro atoms. The molecule has 5 heteroatoms. The van der Waals surface area contributed by atoms with Crippen LogP contribution >= 0.6 is 15.9 Å². The molecule has 0 bridgehead atoms. The third-order valence-electron chi connectivity index (χ3n) is 2.59. The standard InChI is InChI=1S/C11H12BrN3O/c1-2-15-9(10(13)14-11(15)16)7-4-3-5-8(12)6-7/h3-6,9H,2H2,1H3,(H2,13,14,16). The normalized spacial score (nSPS) is 20.1. The number of urea groups is 1. The van der Waals surface area contributed by atoms with E-state index in [-0.39, 0.29) is 17.9 Å². The summed E-state index contributed by atoms with van der Waals surface area (Å²) < 4.78 is 0.952. The quantitative estimate of drug-likeness (QED) is 0.860. The van der Waals surface area contributed by atoms with Crippen molar-refractivity contribution in [3.8, 4) is 0 Å². The van der Waals surface area contributed by atoms with Crippen molar-refractivity contribution >= 4 is 27.8 Å². The van der Waals surface area contributed by atoms with Gasteiger partial charge in [-0.3, -0.25) is 10.7 Å². The van der Waals surface area contributed by atoms with E-state index >= 15 is 0 Å². The van der Waals surface area contributed by atoms with Gasteiger partial charge in [0.2, 0.25) is 0 Å². The van der Waals surface area contributed by atoms with Gasteiger partial charge in [0.15, 0.2) is 0 Å². The number of amides is 2. The average Bonchev–Trinajstić information content (AvgIpc) is 2.52. The van der Waals surface area contributed by atoms with Crippen LogP contribution in [0.5, 0.6) is 0 Å². The summed E-state index contributed by atoms with van der Waals surface area (Å²) in [5, 5.41) is 10.3. The van der Waals surface area contributed by atoms with E-state index in [1.54, 1.807) is 4.90 Å². The molecule has 0 aliphatic carbocycles. The van der Waals surface area contributed by atoms with Crippen molar-refractivity contribution in [2.24, 2.45) is 0 Å². The van der Waals surface area contributed by atoms with E-state index in [4.69, 9.17) is 5.41 Å². The maximum absolute atomic E-state index is 11.5. The first kappa shape index (κ1) is 11.1. The molecule has 4 nitrogen and oxygen atoms in total. The number of carbonyl (C=O) groups is 1. The summed E-state index contributed by atoms with van der Waals surface area (Å²) in [5.41, 5.74) is 0.944. The lowest BCUT2D eigenvalue weighted by Crippen LogP contribution is -2.29. The molecule has 2 N–H and O–H groups in total. The van der Waals surface area contributed by atoms with Crippen LogP contribution < -0.4 is 5.32 Å². The maximum atomic E-state index is 11.5. The lowest BCUT2D eigenvalue weighted by Gasteiger charge is -2.21. The van der Waals surface area contributed by atoms with Crippen molar-refractivity contribution in [1.29, 1.82) is 5.41 Å². The minimum absolute atomic E-state index is 0.197. The van der Waals surface area contributed by atoms with Crippen LogP contribution in [0.4, 0.5) is 4.79 Å². The molecule has 16 heavy (non-hydrogen) atoms. The number of hydrogen-bond acceptors (Lipinski definition) is 2. The van der Waals surface area contributed by atoms with Crippen molar-refractivity contribution in [2.45, 2.75) is 13.0 Å². The second-order valence-electron chi connectivity index (χ2n) is 3.59. The number of halogens is 1. The molecule has 1 aliphatic rings. The second kappa shape index (κ2) is 4.25. The van der Waals surface area contributed by atoms with Crippen LogP contribution in [0.3, 0.4) is 0 Å². The predicted octanol–water partition coefficient (Wildman–Crippen LogP) is 2.51. The van der Waals surface area contributed by atoms with E-state index in [0.717, 1.165) is 10.0 Å². The predicted molar refractivity (Wildman–Crippen MR) is 65.5 cm³/mol. The summed E-state index contributed by atoms with van der Waals surface area (Å²) in [4.78, 5) is 13.2. The zero-order valence-electron chi connectivity index (χ0n) is 8.83. The third-order valence-corrected chi connectivity index (χ3v) is 3.09. The van der Waals surface area contributed by atoms with Crippen molar-refractivity contribution in [3.05, 3.63) is 34.3 Å². The lowest BCUT2D eigenvalue weighted by molar-refractivity contribution is 0.209.